The molecule has 3 atom stereocenters. The summed E-state index contributed by atoms with van der Waals surface area (Å²) in [6.07, 6.45) is -2.09. The second-order valence-electron chi connectivity index (χ2n) is 4.80. The van der Waals surface area contributed by atoms with Gasteiger partial charge in [-0.05, 0) is 6.92 Å². The van der Waals surface area contributed by atoms with Crippen molar-refractivity contribution < 1.29 is 48.0 Å². The van der Waals surface area contributed by atoms with Gasteiger partial charge >= 0.3 is 13.6 Å². The predicted molar refractivity (Wildman–Crippen MR) is 77.8 cm³/mol. The van der Waals surface area contributed by atoms with Crippen LogP contribution in [0.2, 0.25) is 0 Å². The van der Waals surface area contributed by atoms with Crippen LogP contribution >= 0.6 is 15.0 Å². The molecule has 11 nitrogen and oxygen atoms in total. The summed E-state index contributed by atoms with van der Waals surface area (Å²) in [5.74, 6) is -1.61. The Morgan fingerprint density at radius 3 is 2.17 bits per heavy atom. The van der Waals surface area contributed by atoms with Gasteiger partial charge < -0.3 is 34.6 Å². The Kier molecular flexibility index (Phi) is 8.05. The zero-order chi connectivity index (χ0) is 18.5. The van der Waals surface area contributed by atoms with Gasteiger partial charge in [0.15, 0.2) is 6.10 Å². The third-order valence-corrected chi connectivity index (χ3v) is 7.43. The highest BCUT2D eigenvalue weighted by molar-refractivity contribution is 7.74. The van der Waals surface area contributed by atoms with E-state index >= 15 is 0 Å². The number of hydrogen-bond acceptors (Lipinski definition) is 7. The molecule has 5 N–H and O–H groups in total. The Morgan fingerprint density at radius 1 is 1.26 bits per heavy atom. The van der Waals surface area contributed by atoms with Crippen LogP contribution in [0.25, 0.3) is 0 Å². The van der Waals surface area contributed by atoms with E-state index in [1.54, 1.807) is 0 Å². The summed E-state index contributed by atoms with van der Waals surface area (Å²) in [6, 6.07) is 0. The molecular weight excluding hydrogens is 356 g/mol. The number of esters is 1. The van der Waals surface area contributed by atoms with Gasteiger partial charge in [0.25, 0.3) is 5.91 Å². The van der Waals surface area contributed by atoms with Gasteiger partial charge in [-0.15, -0.1) is 0 Å². The lowest BCUT2D eigenvalue weighted by Crippen LogP contribution is -2.40. The Balaban J connectivity index is 4.68. The lowest BCUT2D eigenvalue weighted by molar-refractivity contribution is -0.158. The number of ether oxygens (including phenoxy) is 2. The summed E-state index contributed by atoms with van der Waals surface area (Å²) in [4.78, 5) is 50.2. The van der Waals surface area contributed by atoms with E-state index in [2.05, 4.69) is 14.8 Å². The Labute approximate surface area is 132 Å². The first-order valence-corrected chi connectivity index (χ1v) is 10.0. The fourth-order valence-electron chi connectivity index (χ4n) is 1.49. The fraction of sp³-hybridized carbons (Fsp3) is 0.800. The van der Waals surface area contributed by atoms with E-state index in [1.165, 1.54) is 14.0 Å². The molecule has 0 heterocycles. The van der Waals surface area contributed by atoms with Gasteiger partial charge in [-0.1, -0.05) is 0 Å². The molecule has 0 saturated carbocycles. The maximum Gasteiger partial charge on any atom is 0.366 e. The molecule has 0 aromatic carbocycles. The van der Waals surface area contributed by atoms with E-state index < -0.39 is 51.0 Å². The first kappa shape index (κ1) is 22.2. The second-order valence-corrected chi connectivity index (χ2v) is 9.48. The van der Waals surface area contributed by atoms with Crippen LogP contribution in [0.4, 0.5) is 0 Å². The number of aliphatic hydroxyl groups is 1. The van der Waals surface area contributed by atoms with Crippen molar-refractivity contribution in [1.82, 2.24) is 5.32 Å². The number of methoxy groups -OCH3 is 1. The third-order valence-electron chi connectivity index (χ3n) is 2.83. The molecule has 0 rings (SSSR count). The summed E-state index contributed by atoms with van der Waals surface area (Å²) in [6.45, 7) is 0.960. The Morgan fingerprint density at radius 2 is 1.78 bits per heavy atom. The van der Waals surface area contributed by atoms with Crippen LogP contribution in [0.15, 0.2) is 0 Å². The van der Waals surface area contributed by atoms with Crippen LogP contribution in [0.3, 0.4) is 0 Å². The molecule has 0 aliphatic carbocycles. The lowest BCUT2D eigenvalue weighted by Gasteiger charge is -2.31. The van der Waals surface area contributed by atoms with Crippen molar-refractivity contribution in [3.05, 3.63) is 0 Å². The average molecular weight is 377 g/mol. The maximum atomic E-state index is 11.6. The van der Waals surface area contributed by atoms with Crippen molar-refractivity contribution in [2.24, 2.45) is 0 Å². The zero-order valence-electron chi connectivity index (χ0n) is 12.8. The molecule has 3 unspecified atom stereocenters. The van der Waals surface area contributed by atoms with E-state index in [4.69, 9.17) is 9.79 Å². The normalized spacial score (nSPS) is 18.4. The number of rotatable bonds is 9. The van der Waals surface area contributed by atoms with Crippen molar-refractivity contribution in [3.8, 4) is 0 Å². The van der Waals surface area contributed by atoms with Crippen molar-refractivity contribution in [1.29, 1.82) is 0 Å². The standard InChI is InChI=1S/C10H21NO10P2/c1-7(21-8(12)6-20-2)9(13)11-5-4-10(14,22(3,15)16)23(17,18)19/h7,14H,4-6H2,1-3H3,(H,11,13)(H,15,16)(H2,17,18,19). The van der Waals surface area contributed by atoms with Gasteiger partial charge in [0, 0.05) is 26.7 Å². The van der Waals surface area contributed by atoms with Gasteiger partial charge in [-0.3, -0.25) is 13.9 Å². The third kappa shape index (κ3) is 6.31. The number of nitrogens with one attached hydrogen (secondary N) is 1. The average Bonchev–Trinajstić information content (AvgIpc) is 2.35. The van der Waals surface area contributed by atoms with E-state index in [1.807, 2.05) is 0 Å². The smallest absolute Gasteiger partial charge is 0.366 e. The fourth-order valence-corrected chi connectivity index (χ4v) is 4.36. The van der Waals surface area contributed by atoms with Gasteiger partial charge in [0.1, 0.15) is 6.61 Å². The molecule has 0 saturated heterocycles. The first-order valence-electron chi connectivity index (χ1n) is 6.30. The summed E-state index contributed by atoms with van der Waals surface area (Å²) < 4.78 is 31.9. The molecule has 0 radical (unpaired) electrons. The highest BCUT2D eigenvalue weighted by atomic mass is 31.2. The summed E-state index contributed by atoms with van der Waals surface area (Å²) in [7, 11) is -8.66. The largest absolute Gasteiger partial charge is 0.451 e. The number of hydrogen-bond donors (Lipinski definition) is 5. The maximum absolute atomic E-state index is 11.6. The quantitative estimate of drug-likeness (QED) is 0.242. The van der Waals surface area contributed by atoms with Gasteiger partial charge in [0.2, 0.25) is 12.5 Å². The molecular formula is C10H21NO10P2. The first-order chi connectivity index (χ1) is 10.3. The molecule has 0 fully saturated rings. The van der Waals surface area contributed by atoms with Crippen LogP contribution in [-0.2, 0) is 28.2 Å². The minimum atomic E-state index is -5.34. The van der Waals surface area contributed by atoms with Crippen molar-refractivity contribution in [2.75, 3.05) is 26.9 Å². The molecule has 0 aromatic rings. The summed E-state index contributed by atoms with van der Waals surface area (Å²) >= 11 is 0. The number of carbonyl (C=O) groups excluding carboxylic acids is 2. The number of amides is 1. The molecule has 13 heteroatoms. The van der Waals surface area contributed by atoms with Crippen LogP contribution < -0.4 is 5.32 Å². The van der Waals surface area contributed by atoms with E-state index in [9.17, 15) is 28.7 Å². The Bertz CT molecular complexity index is 502. The minimum Gasteiger partial charge on any atom is -0.451 e. The molecule has 23 heavy (non-hydrogen) atoms. The second kappa shape index (κ2) is 8.34. The predicted octanol–water partition coefficient (Wildman–Crippen LogP) is -1.21. The SMILES string of the molecule is COCC(=O)OC(C)C(=O)NCCC(O)(P(C)(=O)O)P(=O)(O)O. The molecule has 0 aliphatic rings. The molecule has 0 aliphatic heterocycles. The monoisotopic (exact) mass is 377 g/mol. The van der Waals surface area contributed by atoms with Crippen LogP contribution in [0, 0.1) is 0 Å². The van der Waals surface area contributed by atoms with E-state index in [0.717, 1.165) is 0 Å². The zero-order valence-corrected chi connectivity index (χ0v) is 14.6. The highest BCUT2D eigenvalue weighted by Gasteiger charge is 2.56. The van der Waals surface area contributed by atoms with Crippen LogP contribution in [0.1, 0.15) is 13.3 Å². The van der Waals surface area contributed by atoms with Crippen molar-refractivity contribution in [2.45, 2.75) is 24.5 Å². The summed E-state index contributed by atoms with van der Waals surface area (Å²) in [5.41, 5.74) is 0. The topological polar surface area (TPSA) is 180 Å². The van der Waals surface area contributed by atoms with E-state index in [0.29, 0.717) is 6.66 Å². The molecule has 0 spiro atoms. The molecule has 0 aromatic heterocycles. The van der Waals surface area contributed by atoms with Crippen LogP contribution in [-0.4, -0.2) is 69.8 Å². The highest BCUT2D eigenvalue weighted by Crippen LogP contribution is 2.69. The van der Waals surface area contributed by atoms with Crippen molar-refractivity contribution >= 4 is 26.8 Å². The molecule has 0 bridgehead atoms. The Hall–Kier alpha value is -0.800. The van der Waals surface area contributed by atoms with Gasteiger partial charge in [-0.2, -0.15) is 0 Å². The minimum absolute atomic E-state index is 0.362. The molecule has 136 valence electrons. The van der Waals surface area contributed by atoms with Gasteiger partial charge in [0.05, 0.1) is 0 Å². The van der Waals surface area contributed by atoms with Crippen LogP contribution in [0.5, 0.6) is 0 Å². The molecule has 1 amide bonds. The summed E-state index contributed by atoms with van der Waals surface area (Å²) in [5, 5.41) is 8.78. The van der Waals surface area contributed by atoms with Crippen molar-refractivity contribution in [3.63, 3.8) is 0 Å². The van der Waals surface area contributed by atoms with E-state index in [-0.39, 0.29) is 6.61 Å². The lowest BCUT2D eigenvalue weighted by atomic mass is 10.3. The number of carbonyl (C=O) groups is 2. The van der Waals surface area contributed by atoms with Gasteiger partial charge in [-0.25, -0.2) is 4.79 Å².